The molecule has 2 aliphatic heterocycles. The molecule has 2 saturated heterocycles. The lowest BCUT2D eigenvalue weighted by Gasteiger charge is -2.35. The second-order valence-corrected chi connectivity index (χ2v) is 4.66. The third-order valence-corrected chi connectivity index (χ3v) is 3.49. The molecule has 15 heavy (non-hydrogen) atoms. The van der Waals surface area contributed by atoms with Gasteiger partial charge in [0, 0.05) is 38.6 Å². The molecule has 2 rings (SSSR count). The molecule has 0 saturated carbocycles. The van der Waals surface area contributed by atoms with Crippen LogP contribution in [0.25, 0.3) is 0 Å². The Morgan fingerprint density at radius 3 is 2.60 bits per heavy atom. The molecule has 4 heteroatoms. The summed E-state index contributed by atoms with van der Waals surface area (Å²) in [7, 11) is 0. The summed E-state index contributed by atoms with van der Waals surface area (Å²) in [5.74, 6) is 0.107. The number of nitrogens with zero attached hydrogens (tertiary/aromatic N) is 1. The van der Waals surface area contributed by atoms with Crippen LogP contribution in [0, 0.1) is 0 Å². The standard InChI is InChI=1S/C11H21N3O/c1-9(15)13-10-3-6-14(7-4-10)11-2-5-12-8-11/h10-12H,2-8H2,1H3,(H,13,15). The average molecular weight is 211 g/mol. The highest BCUT2D eigenvalue weighted by molar-refractivity contribution is 5.73. The first-order chi connectivity index (χ1) is 7.25. The SMILES string of the molecule is CC(=O)NC1CCN(C2CCNC2)CC1. The number of nitrogens with one attached hydrogen (secondary N) is 2. The third-order valence-electron chi connectivity index (χ3n) is 3.49. The molecule has 2 fully saturated rings. The summed E-state index contributed by atoms with van der Waals surface area (Å²) >= 11 is 0. The van der Waals surface area contributed by atoms with Crippen LogP contribution in [-0.4, -0.2) is 49.1 Å². The second kappa shape index (κ2) is 4.94. The van der Waals surface area contributed by atoms with E-state index in [1.54, 1.807) is 6.92 Å². The lowest BCUT2D eigenvalue weighted by Crippen LogP contribution is -2.48. The Bertz CT molecular complexity index is 218. The number of carbonyl (C=O) groups is 1. The molecular formula is C11H21N3O. The fourth-order valence-electron chi connectivity index (χ4n) is 2.65. The first-order valence-corrected chi connectivity index (χ1v) is 5.97. The lowest BCUT2D eigenvalue weighted by molar-refractivity contribution is -0.120. The largest absolute Gasteiger partial charge is 0.354 e. The molecule has 0 spiro atoms. The van der Waals surface area contributed by atoms with Gasteiger partial charge in [-0.3, -0.25) is 9.69 Å². The van der Waals surface area contributed by atoms with Crippen LogP contribution in [0.4, 0.5) is 0 Å². The quantitative estimate of drug-likeness (QED) is 0.673. The molecular weight excluding hydrogens is 190 g/mol. The van der Waals surface area contributed by atoms with Crippen molar-refractivity contribution >= 4 is 5.91 Å². The van der Waals surface area contributed by atoms with E-state index < -0.39 is 0 Å². The molecule has 2 heterocycles. The van der Waals surface area contributed by atoms with Crippen molar-refractivity contribution in [3.05, 3.63) is 0 Å². The normalized spacial score (nSPS) is 29.3. The highest BCUT2D eigenvalue weighted by Crippen LogP contribution is 2.16. The van der Waals surface area contributed by atoms with Gasteiger partial charge in [-0.05, 0) is 25.8 Å². The molecule has 0 aromatic heterocycles. The summed E-state index contributed by atoms with van der Waals surface area (Å²) in [6, 6.07) is 1.15. The van der Waals surface area contributed by atoms with Crippen molar-refractivity contribution in [3.63, 3.8) is 0 Å². The van der Waals surface area contributed by atoms with Gasteiger partial charge in [-0.1, -0.05) is 0 Å². The van der Waals surface area contributed by atoms with E-state index in [0.717, 1.165) is 45.1 Å². The molecule has 0 aromatic rings. The van der Waals surface area contributed by atoms with Gasteiger partial charge in [0.2, 0.25) is 5.91 Å². The first kappa shape index (κ1) is 10.9. The van der Waals surface area contributed by atoms with E-state index in [4.69, 9.17) is 0 Å². The summed E-state index contributed by atoms with van der Waals surface area (Å²) in [5.41, 5.74) is 0. The zero-order chi connectivity index (χ0) is 10.7. The van der Waals surface area contributed by atoms with Gasteiger partial charge >= 0.3 is 0 Å². The maximum absolute atomic E-state index is 10.9. The predicted molar refractivity (Wildman–Crippen MR) is 59.7 cm³/mol. The van der Waals surface area contributed by atoms with Crippen molar-refractivity contribution in [2.45, 2.75) is 38.3 Å². The molecule has 4 nitrogen and oxygen atoms in total. The van der Waals surface area contributed by atoms with E-state index >= 15 is 0 Å². The van der Waals surface area contributed by atoms with Crippen LogP contribution < -0.4 is 10.6 Å². The van der Waals surface area contributed by atoms with E-state index in [9.17, 15) is 4.79 Å². The van der Waals surface area contributed by atoms with E-state index in [-0.39, 0.29) is 5.91 Å². The maximum Gasteiger partial charge on any atom is 0.217 e. The summed E-state index contributed by atoms with van der Waals surface area (Å²) in [6.07, 6.45) is 3.50. The van der Waals surface area contributed by atoms with Crippen molar-refractivity contribution in [2.24, 2.45) is 0 Å². The Morgan fingerprint density at radius 2 is 2.07 bits per heavy atom. The minimum atomic E-state index is 0.107. The van der Waals surface area contributed by atoms with E-state index in [1.807, 2.05) is 0 Å². The number of piperidine rings is 1. The Hall–Kier alpha value is -0.610. The Morgan fingerprint density at radius 1 is 1.33 bits per heavy atom. The number of hydrogen-bond acceptors (Lipinski definition) is 3. The van der Waals surface area contributed by atoms with Crippen LogP contribution in [0.15, 0.2) is 0 Å². The van der Waals surface area contributed by atoms with Crippen LogP contribution in [0.2, 0.25) is 0 Å². The number of likely N-dealkylation sites (tertiary alicyclic amines) is 1. The van der Waals surface area contributed by atoms with E-state index in [1.165, 1.54) is 6.42 Å². The molecule has 0 aliphatic carbocycles. The van der Waals surface area contributed by atoms with Gasteiger partial charge in [0.1, 0.15) is 0 Å². The van der Waals surface area contributed by atoms with Crippen LogP contribution >= 0.6 is 0 Å². The molecule has 86 valence electrons. The van der Waals surface area contributed by atoms with Crippen molar-refractivity contribution in [2.75, 3.05) is 26.2 Å². The Kier molecular flexibility index (Phi) is 3.59. The van der Waals surface area contributed by atoms with Gasteiger partial charge in [-0.25, -0.2) is 0 Å². The summed E-state index contributed by atoms with van der Waals surface area (Å²) < 4.78 is 0. The van der Waals surface area contributed by atoms with Crippen LogP contribution in [-0.2, 0) is 4.79 Å². The molecule has 1 amide bonds. The summed E-state index contributed by atoms with van der Waals surface area (Å²) in [4.78, 5) is 13.5. The van der Waals surface area contributed by atoms with Crippen LogP contribution in [0.1, 0.15) is 26.2 Å². The molecule has 0 bridgehead atoms. The van der Waals surface area contributed by atoms with E-state index in [2.05, 4.69) is 15.5 Å². The minimum absolute atomic E-state index is 0.107. The Labute approximate surface area is 91.4 Å². The average Bonchev–Trinajstić information content (AvgIpc) is 2.71. The van der Waals surface area contributed by atoms with Gasteiger partial charge in [-0.2, -0.15) is 0 Å². The topological polar surface area (TPSA) is 44.4 Å². The number of hydrogen-bond donors (Lipinski definition) is 2. The zero-order valence-electron chi connectivity index (χ0n) is 9.46. The number of rotatable bonds is 2. The number of carbonyl (C=O) groups excluding carboxylic acids is 1. The van der Waals surface area contributed by atoms with Gasteiger partial charge in [-0.15, -0.1) is 0 Å². The second-order valence-electron chi connectivity index (χ2n) is 4.66. The third kappa shape index (κ3) is 2.92. The fraction of sp³-hybridized carbons (Fsp3) is 0.909. The van der Waals surface area contributed by atoms with Gasteiger partial charge in [0.25, 0.3) is 0 Å². The summed E-state index contributed by atoms with van der Waals surface area (Å²) in [6.45, 7) is 6.18. The maximum atomic E-state index is 10.9. The zero-order valence-corrected chi connectivity index (χ0v) is 9.46. The van der Waals surface area contributed by atoms with Crippen molar-refractivity contribution < 1.29 is 4.79 Å². The van der Waals surface area contributed by atoms with Crippen LogP contribution in [0.5, 0.6) is 0 Å². The predicted octanol–water partition coefficient (Wildman–Crippen LogP) is -0.0512. The molecule has 1 atom stereocenters. The minimum Gasteiger partial charge on any atom is -0.354 e. The monoisotopic (exact) mass is 211 g/mol. The van der Waals surface area contributed by atoms with Crippen molar-refractivity contribution in [1.82, 2.24) is 15.5 Å². The van der Waals surface area contributed by atoms with E-state index in [0.29, 0.717) is 6.04 Å². The molecule has 0 radical (unpaired) electrons. The molecule has 0 aromatic carbocycles. The molecule has 2 aliphatic rings. The fourth-order valence-corrected chi connectivity index (χ4v) is 2.65. The number of amides is 1. The highest BCUT2D eigenvalue weighted by Gasteiger charge is 2.26. The van der Waals surface area contributed by atoms with Gasteiger partial charge in [0.05, 0.1) is 0 Å². The first-order valence-electron chi connectivity index (χ1n) is 5.97. The highest BCUT2D eigenvalue weighted by atomic mass is 16.1. The smallest absolute Gasteiger partial charge is 0.217 e. The lowest BCUT2D eigenvalue weighted by atomic mass is 10.0. The molecule has 2 N–H and O–H groups in total. The van der Waals surface area contributed by atoms with Gasteiger partial charge in [0.15, 0.2) is 0 Å². The van der Waals surface area contributed by atoms with Crippen LogP contribution in [0.3, 0.4) is 0 Å². The van der Waals surface area contributed by atoms with Gasteiger partial charge < -0.3 is 10.6 Å². The summed E-state index contributed by atoms with van der Waals surface area (Å²) in [5, 5.41) is 6.41. The van der Waals surface area contributed by atoms with Crippen molar-refractivity contribution in [3.8, 4) is 0 Å². The molecule has 1 unspecified atom stereocenters. The van der Waals surface area contributed by atoms with Crippen molar-refractivity contribution in [1.29, 1.82) is 0 Å². The Balaban J connectivity index is 1.73.